The van der Waals surface area contributed by atoms with Gasteiger partial charge in [0.15, 0.2) is 0 Å². The van der Waals surface area contributed by atoms with Gasteiger partial charge in [-0.15, -0.1) is 0 Å². The highest BCUT2D eigenvalue weighted by Gasteiger charge is 2.36. The Morgan fingerprint density at radius 3 is 2.68 bits per heavy atom. The second-order valence-corrected chi connectivity index (χ2v) is 8.84. The first-order chi connectivity index (χ1) is 16.2. The van der Waals surface area contributed by atoms with E-state index >= 15 is 0 Å². The van der Waals surface area contributed by atoms with E-state index in [9.17, 15) is 23.1 Å². The van der Waals surface area contributed by atoms with E-state index in [-0.39, 0.29) is 13.2 Å². The minimum absolute atomic E-state index is 0.0944. The molecule has 184 valence electrons. The lowest BCUT2D eigenvalue weighted by Gasteiger charge is -2.28. The van der Waals surface area contributed by atoms with Gasteiger partial charge in [0.1, 0.15) is 5.82 Å². The van der Waals surface area contributed by atoms with E-state index in [1.807, 2.05) is 31.2 Å². The molecule has 0 aliphatic carbocycles. The number of hydrogen-bond donors (Lipinski definition) is 2. The summed E-state index contributed by atoms with van der Waals surface area (Å²) in [7, 11) is 0. The molecule has 2 fully saturated rings. The molecule has 1 aromatic carbocycles. The Morgan fingerprint density at radius 1 is 1.21 bits per heavy atom. The summed E-state index contributed by atoms with van der Waals surface area (Å²) in [6.07, 6.45) is -4.75. The average Bonchev–Trinajstić information content (AvgIpc) is 3.27. The predicted molar refractivity (Wildman–Crippen MR) is 123 cm³/mol. The highest BCUT2D eigenvalue weighted by molar-refractivity contribution is 5.90. The van der Waals surface area contributed by atoms with Crippen molar-refractivity contribution in [3.05, 3.63) is 41.6 Å². The summed E-state index contributed by atoms with van der Waals surface area (Å²) in [4.78, 5) is 20.8. The molecular formula is C24H29F3N4O3. The molecule has 1 atom stereocenters. The number of alkyl halides is 3. The maximum absolute atomic E-state index is 12.7. The number of morpholine rings is 1. The van der Waals surface area contributed by atoms with Crippen LogP contribution >= 0.6 is 0 Å². The van der Waals surface area contributed by atoms with Crippen LogP contribution in [0.15, 0.2) is 30.3 Å². The Hall–Kier alpha value is -2.85. The zero-order valence-electron chi connectivity index (χ0n) is 19.1. The van der Waals surface area contributed by atoms with Gasteiger partial charge in [-0.05, 0) is 60.2 Å². The molecule has 34 heavy (non-hydrogen) atoms. The molecule has 2 saturated heterocycles. The number of amides is 2. The van der Waals surface area contributed by atoms with Gasteiger partial charge in [0, 0.05) is 38.3 Å². The van der Waals surface area contributed by atoms with Gasteiger partial charge in [-0.2, -0.15) is 13.2 Å². The first-order valence-corrected chi connectivity index (χ1v) is 11.4. The van der Waals surface area contributed by atoms with Crippen LogP contribution in [0.3, 0.4) is 0 Å². The zero-order chi connectivity index (χ0) is 24.3. The summed E-state index contributed by atoms with van der Waals surface area (Å²) in [5.74, 6) is 0.193. The van der Waals surface area contributed by atoms with Gasteiger partial charge in [0.2, 0.25) is 0 Å². The monoisotopic (exact) mass is 478 g/mol. The Kier molecular flexibility index (Phi) is 7.27. The lowest BCUT2D eigenvalue weighted by Crippen LogP contribution is -2.36. The fraction of sp³-hybridized carbons (Fsp3) is 0.500. The number of hydrogen-bond acceptors (Lipinski definition) is 5. The van der Waals surface area contributed by atoms with Crippen molar-refractivity contribution in [2.45, 2.75) is 32.5 Å². The second-order valence-electron chi connectivity index (χ2n) is 8.84. The van der Waals surface area contributed by atoms with E-state index < -0.39 is 24.5 Å². The lowest BCUT2D eigenvalue weighted by atomic mass is 9.99. The van der Waals surface area contributed by atoms with Crippen LogP contribution in [0.1, 0.15) is 24.1 Å². The number of likely N-dealkylation sites (tertiary alicyclic amines) is 1. The average molecular weight is 479 g/mol. The van der Waals surface area contributed by atoms with Gasteiger partial charge in [0.25, 0.3) is 0 Å². The molecule has 2 amide bonds. The van der Waals surface area contributed by atoms with Crippen molar-refractivity contribution in [1.82, 2.24) is 9.88 Å². The first-order valence-electron chi connectivity index (χ1n) is 11.4. The van der Waals surface area contributed by atoms with Gasteiger partial charge >= 0.3 is 12.2 Å². The number of rotatable bonds is 5. The topological polar surface area (TPSA) is 77.9 Å². The van der Waals surface area contributed by atoms with Crippen molar-refractivity contribution in [2.24, 2.45) is 5.92 Å². The summed E-state index contributed by atoms with van der Waals surface area (Å²) >= 11 is 0. The van der Waals surface area contributed by atoms with E-state index in [1.165, 1.54) is 4.90 Å². The number of nitrogens with one attached hydrogen (secondary N) is 1. The molecule has 2 N–H and O–H groups in total. The molecule has 1 unspecified atom stereocenters. The summed E-state index contributed by atoms with van der Waals surface area (Å²) in [5, 5.41) is 12.6. The summed E-state index contributed by atoms with van der Waals surface area (Å²) in [6, 6.07) is 8.88. The first kappa shape index (κ1) is 24.3. The number of nitrogens with zero attached hydrogens (tertiary/aromatic N) is 3. The minimum atomic E-state index is -4.22. The Morgan fingerprint density at radius 2 is 1.97 bits per heavy atom. The Labute approximate surface area is 196 Å². The molecular weight excluding hydrogens is 449 g/mol. The number of aliphatic hydroxyl groups excluding tert-OH is 1. The SMILES string of the molecule is Cc1ccc(NC(=O)N2CCC(CC(F)(F)F)C2)cc1-c1cc(CO)nc(N2CCOCC2)c1. The molecule has 2 aliphatic rings. The number of anilines is 2. The largest absolute Gasteiger partial charge is 0.390 e. The van der Waals surface area contributed by atoms with Gasteiger partial charge in [0.05, 0.1) is 25.5 Å². The van der Waals surface area contributed by atoms with Crippen molar-refractivity contribution >= 4 is 17.5 Å². The van der Waals surface area contributed by atoms with E-state index in [4.69, 9.17) is 4.74 Å². The number of urea groups is 1. The number of aryl methyl sites for hydroxylation is 1. The van der Waals surface area contributed by atoms with Crippen molar-refractivity contribution in [2.75, 3.05) is 49.6 Å². The quantitative estimate of drug-likeness (QED) is 0.674. The van der Waals surface area contributed by atoms with Crippen LogP contribution in [-0.4, -0.2) is 66.6 Å². The van der Waals surface area contributed by atoms with Crippen molar-refractivity contribution in [1.29, 1.82) is 0 Å². The molecule has 0 radical (unpaired) electrons. The van der Waals surface area contributed by atoms with Crippen molar-refractivity contribution in [3.8, 4) is 11.1 Å². The van der Waals surface area contributed by atoms with Gasteiger partial charge < -0.3 is 25.0 Å². The molecule has 3 heterocycles. The summed E-state index contributed by atoms with van der Waals surface area (Å²) in [6.45, 7) is 4.80. The van der Waals surface area contributed by atoms with Crippen LogP contribution < -0.4 is 10.2 Å². The van der Waals surface area contributed by atoms with Gasteiger partial charge in [-0.25, -0.2) is 9.78 Å². The highest BCUT2D eigenvalue weighted by Crippen LogP contribution is 2.32. The molecule has 1 aromatic heterocycles. The normalized spacial score (nSPS) is 18.9. The van der Waals surface area contributed by atoms with Crippen molar-refractivity contribution in [3.63, 3.8) is 0 Å². The third-order valence-electron chi connectivity index (χ3n) is 6.25. The zero-order valence-corrected chi connectivity index (χ0v) is 19.1. The van der Waals surface area contributed by atoms with Crippen molar-refractivity contribution < 1.29 is 27.8 Å². The van der Waals surface area contributed by atoms with Crippen LogP contribution in [0, 0.1) is 12.8 Å². The van der Waals surface area contributed by atoms with Crippen LogP contribution in [-0.2, 0) is 11.3 Å². The Balaban J connectivity index is 1.52. The van der Waals surface area contributed by atoms with E-state index in [2.05, 4.69) is 15.2 Å². The number of carbonyl (C=O) groups excluding carboxylic acids is 1. The second kappa shape index (κ2) is 10.2. The molecule has 4 rings (SSSR count). The minimum Gasteiger partial charge on any atom is -0.390 e. The predicted octanol–water partition coefficient (Wildman–Crippen LogP) is 4.19. The van der Waals surface area contributed by atoms with Crippen LogP contribution in [0.4, 0.5) is 29.5 Å². The van der Waals surface area contributed by atoms with Crippen LogP contribution in [0.2, 0.25) is 0 Å². The summed E-state index contributed by atoms with van der Waals surface area (Å²) < 4.78 is 43.5. The van der Waals surface area contributed by atoms with E-state index in [0.29, 0.717) is 50.7 Å². The van der Waals surface area contributed by atoms with Crippen LogP contribution in [0.5, 0.6) is 0 Å². The van der Waals surface area contributed by atoms with Crippen LogP contribution in [0.25, 0.3) is 11.1 Å². The molecule has 0 saturated carbocycles. The highest BCUT2D eigenvalue weighted by atomic mass is 19.4. The smallest absolute Gasteiger partial charge is 0.389 e. The molecule has 7 nitrogen and oxygen atoms in total. The molecule has 2 aliphatic heterocycles. The fourth-order valence-electron chi connectivity index (χ4n) is 4.49. The summed E-state index contributed by atoms with van der Waals surface area (Å²) in [5.41, 5.74) is 3.81. The number of carbonyl (C=O) groups is 1. The number of aliphatic hydroxyl groups is 1. The fourth-order valence-corrected chi connectivity index (χ4v) is 4.49. The standard InChI is InChI=1S/C24H29F3N4O3/c1-16-2-3-19(29-23(33)31-5-4-17(14-31)13-24(25,26)27)12-21(16)18-10-20(15-32)28-22(11-18)30-6-8-34-9-7-30/h2-3,10-12,17,32H,4-9,13-15H2,1H3,(H,29,33). The van der Waals surface area contributed by atoms with Gasteiger partial charge in [-0.1, -0.05) is 6.07 Å². The number of benzene rings is 1. The molecule has 0 bridgehead atoms. The lowest BCUT2D eigenvalue weighted by molar-refractivity contribution is -0.143. The van der Waals surface area contributed by atoms with E-state index in [1.54, 1.807) is 6.07 Å². The number of halogens is 3. The maximum Gasteiger partial charge on any atom is 0.389 e. The molecule has 10 heteroatoms. The number of pyridine rings is 1. The maximum atomic E-state index is 12.7. The molecule has 2 aromatic rings. The van der Waals surface area contributed by atoms with E-state index in [0.717, 1.165) is 22.5 Å². The number of ether oxygens (including phenoxy) is 1. The third-order valence-corrected chi connectivity index (χ3v) is 6.25. The van der Waals surface area contributed by atoms with Gasteiger partial charge in [-0.3, -0.25) is 0 Å². The Bertz CT molecular complexity index is 1030. The third kappa shape index (κ3) is 5.98. The molecule has 0 spiro atoms. The number of aromatic nitrogens is 1.